The second kappa shape index (κ2) is 13.9. The Kier molecular flexibility index (Phi) is 11.6. The largest absolute Gasteiger partial charge is 0.481 e. The molecule has 0 spiro atoms. The summed E-state index contributed by atoms with van der Waals surface area (Å²) in [5.41, 5.74) is 0.296. The highest BCUT2D eigenvalue weighted by atomic mass is 16.5. The first kappa shape index (κ1) is 29.2. The molecule has 1 aliphatic heterocycles. The summed E-state index contributed by atoms with van der Waals surface area (Å²) in [4.78, 5) is 36.1. The van der Waals surface area contributed by atoms with E-state index in [4.69, 9.17) is 4.74 Å². The Balaban J connectivity index is 2.30. The van der Waals surface area contributed by atoms with Crippen LogP contribution in [0.25, 0.3) is 0 Å². The summed E-state index contributed by atoms with van der Waals surface area (Å²) in [5.74, 6) is -1.81. The van der Waals surface area contributed by atoms with Crippen molar-refractivity contribution in [1.29, 1.82) is 0 Å². The van der Waals surface area contributed by atoms with Gasteiger partial charge in [-0.3, -0.25) is 14.4 Å². The number of aliphatic hydroxyl groups excluding tert-OH is 2. The number of allylic oxidation sites excluding steroid dienone is 2. The lowest BCUT2D eigenvalue weighted by atomic mass is 9.82. The van der Waals surface area contributed by atoms with Crippen LogP contribution in [0.5, 0.6) is 0 Å². The number of esters is 1. The number of carboxylic acids is 1. The van der Waals surface area contributed by atoms with E-state index in [9.17, 15) is 29.7 Å². The van der Waals surface area contributed by atoms with Crippen molar-refractivity contribution in [3.8, 4) is 0 Å². The van der Waals surface area contributed by atoms with Gasteiger partial charge < -0.3 is 20.1 Å². The highest BCUT2D eigenvalue weighted by molar-refractivity contribution is 5.75. The Labute approximate surface area is 209 Å². The van der Waals surface area contributed by atoms with Gasteiger partial charge in [-0.15, -0.1) is 0 Å². The number of hydrogen-bond acceptors (Lipinski definition) is 6. The van der Waals surface area contributed by atoms with Crippen LogP contribution in [0.4, 0.5) is 0 Å². The van der Waals surface area contributed by atoms with E-state index in [2.05, 4.69) is 13.8 Å². The molecule has 198 valence electrons. The molecule has 1 saturated carbocycles. The van der Waals surface area contributed by atoms with Crippen molar-refractivity contribution in [2.24, 2.45) is 35.5 Å². The molecule has 3 N–H and O–H groups in total. The van der Waals surface area contributed by atoms with Gasteiger partial charge in [0.05, 0.1) is 24.5 Å². The van der Waals surface area contributed by atoms with Gasteiger partial charge in [0.2, 0.25) is 0 Å². The number of cyclic esters (lactones) is 1. The summed E-state index contributed by atoms with van der Waals surface area (Å²) < 4.78 is 5.76. The first-order valence-electron chi connectivity index (χ1n) is 13.1. The topological polar surface area (TPSA) is 121 Å². The van der Waals surface area contributed by atoms with Gasteiger partial charge in [0.1, 0.15) is 12.4 Å². The average molecular weight is 493 g/mol. The van der Waals surface area contributed by atoms with Crippen molar-refractivity contribution in [3.63, 3.8) is 0 Å². The molecule has 1 aliphatic carbocycles. The maximum Gasteiger partial charge on any atom is 0.308 e. The normalized spacial score (nSPS) is 41.0. The standard InChI is InChI=1S/C28H44O7/c1-17-12-18(2)14-20(4)27(32)21(16-29)8-5-6-11-25(22-9-7-10-23(22)28(33)34)35-26(31)15-24(30)19(3)13-17/h5-6,8,16-20,22-25,27,30,32H,7,9-15H2,1-4H3,(H,33,34)/b6-5+,21-8-/t17-,18+,19-,20-,22+,23+,24-,25?,27+/m0/s1. The van der Waals surface area contributed by atoms with E-state index in [1.807, 2.05) is 13.8 Å². The monoisotopic (exact) mass is 492 g/mol. The Hall–Kier alpha value is -1.99. The molecule has 7 heteroatoms. The number of carbonyl (C=O) groups excluding carboxylic acids is 2. The van der Waals surface area contributed by atoms with Gasteiger partial charge in [0, 0.05) is 17.9 Å². The number of ether oxygens (including phenoxy) is 1. The summed E-state index contributed by atoms with van der Waals surface area (Å²) in [7, 11) is 0. The molecule has 2 aliphatic rings. The molecule has 2 rings (SSSR count). The first-order chi connectivity index (χ1) is 16.5. The SMILES string of the molecule is C[C@@H]1C[C@H](C)C[C@H](C)[C@@H](O)CC(=O)OC([C@@H]2CCC[C@H]2C(=O)O)C/C=C/C=C(/C=O)[C@H](O)[C@@H](C)C1. The maximum absolute atomic E-state index is 12.7. The minimum Gasteiger partial charge on any atom is -0.481 e. The Bertz CT molecular complexity index is 773. The number of carboxylic acid groups (broad SMARTS) is 1. The molecule has 0 amide bonds. The summed E-state index contributed by atoms with van der Waals surface area (Å²) in [6, 6.07) is 0. The number of carbonyl (C=O) groups is 3. The predicted octanol–water partition coefficient (Wildman–Crippen LogP) is 4.31. The summed E-state index contributed by atoms with van der Waals surface area (Å²) in [6.45, 7) is 8.14. The third kappa shape index (κ3) is 8.87. The van der Waals surface area contributed by atoms with Gasteiger partial charge >= 0.3 is 11.9 Å². The fourth-order valence-corrected chi connectivity index (χ4v) is 6.00. The zero-order chi connectivity index (χ0) is 26.1. The first-order valence-corrected chi connectivity index (χ1v) is 13.1. The number of aldehydes is 1. The van der Waals surface area contributed by atoms with E-state index in [0.717, 1.165) is 25.7 Å². The molecule has 0 aromatic rings. The fraction of sp³-hybridized carbons (Fsp3) is 0.750. The highest BCUT2D eigenvalue weighted by Gasteiger charge is 2.39. The van der Waals surface area contributed by atoms with Gasteiger partial charge in [0.25, 0.3) is 0 Å². The van der Waals surface area contributed by atoms with Gasteiger partial charge in [0.15, 0.2) is 0 Å². The fourth-order valence-electron chi connectivity index (χ4n) is 6.00. The number of rotatable bonds is 3. The van der Waals surface area contributed by atoms with Crippen molar-refractivity contribution in [2.45, 2.75) is 97.4 Å². The van der Waals surface area contributed by atoms with Crippen LogP contribution < -0.4 is 0 Å². The second-order valence-corrected chi connectivity index (χ2v) is 11.1. The molecule has 1 unspecified atom stereocenters. The molecular weight excluding hydrogens is 448 g/mol. The van der Waals surface area contributed by atoms with E-state index in [-0.39, 0.29) is 24.2 Å². The van der Waals surface area contributed by atoms with Crippen LogP contribution in [0.15, 0.2) is 23.8 Å². The minimum atomic E-state index is -0.885. The van der Waals surface area contributed by atoms with Crippen molar-refractivity contribution in [2.75, 3.05) is 0 Å². The van der Waals surface area contributed by atoms with Crippen LogP contribution in [0.3, 0.4) is 0 Å². The van der Waals surface area contributed by atoms with E-state index >= 15 is 0 Å². The third-order valence-corrected chi connectivity index (χ3v) is 7.84. The molecular formula is C28H44O7. The van der Waals surface area contributed by atoms with Crippen LogP contribution in [0.2, 0.25) is 0 Å². The molecule has 0 radical (unpaired) electrons. The number of hydrogen-bond donors (Lipinski definition) is 3. The van der Waals surface area contributed by atoms with E-state index in [1.54, 1.807) is 18.2 Å². The van der Waals surface area contributed by atoms with Crippen LogP contribution in [-0.2, 0) is 19.1 Å². The van der Waals surface area contributed by atoms with Crippen molar-refractivity contribution in [1.82, 2.24) is 0 Å². The summed E-state index contributed by atoms with van der Waals surface area (Å²) in [5, 5.41) is 31.0. The lowest BCUT2D eigenvalue weighted by Gasteiger charge is -2.28. The van der Waals surface area contributed by atoms with E-state index in [0.29, 0.717) is 43.0 Å². The Morgan fingerprint density at radius 3 is 2.31 bits per heavy atom. The van der Waals surface area contributed by atoms with Gasteiger partial charge in [-0.05, 0) is 55.8 Å². The van der Waals surface area contributed by atoms with Crippen molar-refractivity contribution in [3.05, 3.63) is 23.8 Å². The van der Waals surface area contributed by atoms with Crippen molar-refractivity contribution >= 4 is 18.2 Å². The lowest BCUT2D eigenvalue weighted by molar-refractivity contribution is -0.159. The molecule has 35 heavy (non-hydrogen) atoms. The zero-order valence-corrected chi connectivity index (χ0v) is 21.6. The summed E-state index contributed by atoms with van der Waals surface area (Å²) >= 11 is 0. The maximum atomic E-state index is 12.7. The molecule has 0 saturated heterocycles. The molecule has 0 aromatic heterocycles. The Morgan fingerprint density at radius 1 is 1.03 bits per heavy atom. The molecule has 9 atom stereocenters. The van der Waals surface area contributed by atoms with E-state index < -0.39 is 36.2 Å². The van der Waals surface area contributed by atoms with Crippen LogP contribution >= 0.6 is 0 Å². The third-order valence-electron chi connectivity index (χ3n) is 7.84. The predicted molar refractivity (Wildman–Crippen MR) is 133 cm³/mol. The second-order valence-electron chi connectivity index (χ2n) is 11.1. The average Bonchev–Trinajstić information content (AvgIpc) is 3.27. The van der Waals surface area contributed by atoms with Gasteiger partial charge in [-0.2, -0.15) is 0 Å². The highest BCUT2D eigenvalue weighted by Crippen LogP contribution is 2.37. The summed E-state index contributed by atoms with van der Waals surface area (Å²) in [6.07, 6.45) is 7.93. The zero-order valence-electron chi connectivity index (χ0n) is 21.6. The molecule has 1 heterocycles. The number of aliphatic hydroxyl groups is 2. The minimum absolute atomic E-state index is 0.0900. The molecule has 0 bridgehead atoms. The quantitative estimate of drug-likeness (QED) is 0.396. The lowest BCUT2D eigenvalue weighted by Crippen LogP contribution is -2.34. The smallest absolute Gasteiger partial charge is 0.308 e. The van der Waals surface area contributed by atoms with Gasteiger partial charge in [-0.1, -0.05) is 52.3 Å². The van der Waals surface area contributed by atoms with Gasteiger partial charge in [-0.25, -0.2) is 0 Å². The van der Waals surface area contributed by atoms with Crippen LogP contribution in [0.1, 0.15) is 79.1 Å². The van der Waals surface area contributed by atoms with Crippen LogP contribution in [0, 0.1) is 35.5 Å². The number of aliphatic carboxylic acids is 1. The molecule has 1 fully saturated rings. The Morgan fingerprint density at radius 2 is 1.69 bits per heavy atom. The van der Waals surface area contributed by atoms with Crippen molar-refractivity contribution < 1.29 is 34.4 Å². The van der Waals surface area contributed by atoms with E-state index in [1.165, 1.54) is 0 Å². The molecule has 0 aromatic carbocycles. The molecule has 7 nitrogen and oxygen atoms in total. The van der Waals surface area contributed by atoms with Crippen LogP contribution in [-0.4, -0.2) is 51.9 Å².